The van der Waals surface area contributed by atoms with Gasteiger partial charge in [0.25, 0.3) is 0 Å². The molecule has 2 aliphatic rings. The molecule has 0 bridgehead atoms. The molecule has 3 nitrogen and oxygen atoms in total. The fourth-order valence-corrected chi connectivity index (χ4v) is 3.31. The highest BCUT2D eigenvalue weighted by atomic mass is 15.2. The predicted octanol–water partition coefficient (Wildman–Crippen LogP) is 2.37. The molecule has 2 rings (SSSR count). The second-order valence-electron chi connectivity index (χ2n) is 7.37. The zero-order valence-electron chi connectivity index (χ0n) is 13.2. The molecule has 2 aliphatic heterocycles. The van der Waals surface area contributed by atoms with Crippen molar-refractivity contribution < 1.29 is 0 Å². The van der Waals surface area contributed by atoms with Crippen molar-refractivity contribution in [2.24, 2.45) is 0 Å². The fraction of sp³-hybridized carbons (Fsp3) is 1.00. The van der Waals surface area contributed by atoms with Gasteiger partial charge >= 0.3 is 0 Å². The quantitative estimate of drug-likeness (QED) is 0.819. The first-order chi connectivity index (χ1) is 9.05. The van der Waals surface area contributed by atoms with Crippen molar-refractivity contribution in [3.63, 3.8) is 0 Å². The second kappa shape index (κ2) is 7.05. The number of piperidine rings is 2. The van der Waals surface area contributed by atoms with E-state index in [1.165, 1.54) is 64.7 Å². The number of nitrogens with one attached hydrogen (secondary N) is 2. The average Bonchev–Trinajstić information content (AvgIpc) is 2.39. The molecule has 0 saturated carbocycles. The van der Waals surface area contributed by atoms with E-state index in [0.717, 1.165) is 0 Å². The minimum atomic E-state index is 0.276. The van der Waals surface area contributed by atoms with E-state index in [0.29, 0.717) is 12.1 Å². The number of rotatable bonds is 4. The van der Waals surface area contributed by atoms with Gasteiger partial charge in [0.05, 0.1) is 0 Å². The van der Waals surface area contributed by atoms with Crippen molar-refractivity contribution in [3.8, 4) is 0 Å². The van der Waals surface area contributed by atoms with E-state index in [9.17, 15) is 0 Å². The van der Waals surface area contributed by atoms with Gasteiger partial charge < -0.3 is 10.6 Å². The van der Waals surface area contributed by atoms with Crippen LogP contribution < -0.4 is 10.6 Å². The normalized spacial score (nSPS) is 29.7. The Bertz CT molecular complexity index is 227. The van der Waals surface area contributed by atoms with E-state index in [1.807, 2.05) is 0 Å². The Morgan fingerprint density at radius 3 is 1.63 bits per heavy atom. The molecule has 0 aliphatic carbocycles. The summed E-state index contributed by atoms with van der Waals surface area (Å²) in [6.07, 6.45) is 8.22. The molecule has 0 amide bonds. The van der Waals surface area contributed by atoms with Crippen molar-refractivity contribution >= 4 is 0 Å². The lowest BCUT2D eigenvalue weighted by atomic mass is 9.97. The molecule has 2 fully saturated rings. The van der Waals surface area contributed by atoms with Crippen LogP contribution in [0.4, 0.5) is 0 Å². The van der Waals surface area contributed by atoms with Gasteiger partial charge in [0, 0.05) is 30.7 Å². The van der Waals surface area contributed by atoms with Crippen molar-refractivity contribution in [3.05, 3.63) is 0 Å². The van der Waals surface area contributed by atoms with E-state index < -0.39 is 0 Å². The van der Waals surface area contributed by atoms with E-state index in [1.54, 1.807) is 0 Å². The first-order valence-corrected chi connectivity index (χ1v) is 8.27. The smallest absolute Gasteiger partial charge is 0.0195 e. The van der Waals surface area contributed by atoms with Crippen LogP contribution in [0.15, 0.2) is 0 Å². The molecule has 0 aromatic carbocycles. The molecule has 0 aromatic rings. The molecule has 3 heteroatoms. The van der Waals surface area contributed by atoms with Crippen LogP contribution in [0.25, 0.3) is 0 Å². The summed E-state index contributed by atoms with van der Waals surface area (Å²) < 4.78 is 0. The Kier molecular flexibility index (Phi) is 5.67. The summed E-state index contributed by atoms with van der Waals surface area (Å²) in [6, 6.07) is 1.41. The van der Waals surface area contributed by atoms with Crippen molar-refractivity contribution in [2.75, 3.05) is 26.2 Å². The fourth-order valence-electron chi connectivity index (χ4n) is 3.31. The predicted molar refractivity (Wildman–Crippen MR) is 82.6 cm³/mol. The van der Waals surface area contributed by atoms with Gasteiger partial charge in [-0.1, -0.05) is 12.8 Å². The second-order valence-corrected chi connectivity index (χ2v) is 7.37. The zero-order valence-corrected chi connectivity index (χ0v) is 13.2. The largest absolute Gasteiger partial charge is 0.313 e. The minimum Gasteiger partial charge on any atom is -0.313 e. The summed E-state index contributed by atoms with van der Waals surface area (Å²) in [5.74, 6) is 0. The van der Waals surface area contributed by atoms with Crippen LogP contribution in [-0.4, -0.2) is 48.7 Å². The first-order valence-electron chi connectivity index (χ1n) is 8.27. The average molecular weight is 267 g/mol. The highest BCUT2D eigenvalue weighted by Gasteiger charge is 2.28. The Labute approximate surface area is 119 Å². The first kappa shape index (κ1) is 15.3. The molecule has 19 heavy (non-hydrogen) atoms. The molecule has 2 heterocycles. The molecule has 0 radical (unpaired) electrons. The van der Waals surface area contributed by atoms with Crippen LogP contribution >= 0.6 is 0 Å². The third kappa shape index (κ3) is 5.05. The summed E-state index contributed by atoms with van der Waals surface area (Å²) in [7, 11) is 0. The molecule has 112 valence electrons. The standard InChI is InChI=1S/C16H33N3/c1-16(2,3)19(12-14-8-4-6-10-17-14)13-15-9-5-7-11-18-15/h14-15,17-18H,4-13H2,1-3H3. The maximum Gasteiger partial charge on any atom is 0.0195 e. The molecule has 2 atom stereocenters. The van der Waals surface area contributed by atoms with Gasteiger partial charge in [-0.05, 0) is 59.5 Å². The monoisotopic (exact) mass is 267 g/mol. The van der Waals surface area contributed by atoms with Crippen LogP contribution in [-0.2, 0) is 0 Å². The van der Waals surface area contributed by atoms with Crippen molar-refractivity contribution in [2.45, 2.75) is 76.9 Å². The summed E-state index contributed by atoms with van der Waals surface area (Å²) in [6.45, 7) is 11.9. The third-order valence-electron chi connectivity index (χ3n) is 4.65. The Morgan fingerprint density at radius 2 is 1.32 bits per heavy atom. The summed E-state index contributed by atoms with van der Waals surface area (Å²) in [4.78, 5) is 2.69. The topological polar surface area (TPSA) is 27.3 Å². The number of nitrogens with zero attached hydrogens (tertiary/aromatic N) is 1. The Balaban J connectivity index is 1.87. The third-order valence-corrected chi connectivity index (χ3v) is 4.65. The molecule has 2 N–H and O–H groups in total. The lowest BCUT2D eigenvalue weighted by Gasteiger charge is -2.42. The van der Waals surface area contributed by atoms with Gasteiger partial charge in [-0.15, -0.1) is 0 Å². The molecule has 0 aromatic heterocycles. The van der Waals surface area contributed by atoms with Crippen LogP contribution in [0.2, 0.25) is 0 Å². The van der Waals surface area contributed by atoms with Gasteiger partial charge in [0.2, 0.25) is 0 Å². The molecule has 0 spiro atoms. The number of hydrogen-bond acceptors (Lipinski definition) is 3. The van der Waals surface area contributed by atoms with E-state index >= 15 is 0 Å². The highest BCUT2D eigenvalue weighted by molar-refractivity contribution is 4.87. The van der Waals surface area contributed by atoms with Crippen LogP contribution in [0.1, 0.15) is 59.3 Å². The molecule has 2 saturated heterocycles. The Morgan fingerprint density at radius 1 is 0.842 bits per heavy atom. The van der Waals surface area contributed by atoms with Crippen LogP contribution in [0, 0.1) is 0 Å². The van der Waals surface area contributed by atoms with Gasteiger partial charge in [-0.2, -0.15) is 0 Å². The van der Waals surface area contributed by atoms with Gasteiger partial charge in [0.1, 0.15) is 0 Å². The maximum atomic E-state index is 3.70. The summed E-state index contributed by atoms with van der Waals surface area (Å²) >= 11 is 0. The van der Waals surface area contributed by atoms with Gasteiger partial charge in [0.15, 0.2) is 0 Å². The zero-order chi connectivity index (χ0) is 13.7. The maximum absolute atomic E-state index is 3.70. The Hall–Kier alpha value is -0.120. The van der Waals surface area contributed by atoms with Crippen LogP contribution in [0.3, 0.4) is 0 Å². The minimum absolute atomic E-state index is 0.276. The van der Waals surface area contributed by atoms with Crippen LogP contribution in [0.5, 0.6) is 0 Å². The lowest BCUT2D eigenvalue weighted by Crippen LogP contribution is -2.55. The molecular weight excluding hydrogens is 234 g/mol. The van der Waals surface area contributed by atoms with Crippen molar-refractivity contribution in [1.82, 2.24) is 15.5 Å². The van der Waals surface area contributed by atoms with Crippen molar-refractivity contribution in [1.29, 1.82) is 0 Å². The highest BCUT2D eigenvalue weighted by Crippen LogP contribution is 2.19. The van der Waals surface area contributed by atoms with E-state index in [-0.39, 0.29) is 5.54 Å². The molecule has 2 unspecified atom stereocenters. The van der Waals surface area contributed by atoms with Gasteiger partial charge in [-0.3, -0.25) is 4.90 Å². The lowest BCUT2D eigenvalue weighted by molar-refractivity contribution is 0.0966. The number of hydrogen-bond donors (Lipinski definition) is 2. The summed E-state index contributed by atoms with van der Waals surface area (Å²) in [5.41, 5.74) is 0.276. The van der Waals surface area contributed by atoms with E-state index in [2.05, 4.69) is 36.3 Å². The SMILES string of the molecule is CC(C)(C)N(CC1CCCCN1)CC1CCCCN1. The van der Waals surface area contributed by atoms with Gasteiger partial charge in [-0.25, -0.2) is 0 Å². The summed E-state index contributed by atoms with van der Waals surface area (Å²) in [5, 5.41) is 7.39. The molecular formula is C16H33N3. The van der Waals surface area contributed by atoms with E-state index in [4.69, 9.17) is 0 Å².